The summed E-state index contributed by atoms with van der Waals surface area (Å²) in [4.78, 5) is 15.4. The van der Waals surface area contributed by atoms with E-state index in [4.69, 9.17) is 5.11 Å². The van der Waals surface area contributed by atoms with E-state index in [0.717, 1.165) is 11.1 Å². The van der Waals surface area contributed by atoms with Gasteiger partial charge >= 0.3 is 5.97 Å². The number of aliphatic hydroxyl groups is 1. The summed E-state index contributed by atoms with van der Waals surface area (Å²) in [6.45, 7) is 1.22. The number of benzene rings is 2. The molecule has 6 nitrogen and oxygen atoms in total. The largest absolute Gasteiger partial charge is 0.507 e. The second kappa shape index (κ2) is 5.98. The number of carboxylic acids is 1. The highest BCUT2D eigenvalue weighted by Gasteiger charge is 2.28. The highest BCUT2D eigenvalue weighted by Crippen LogP contribution is 2.38. The van der Waals surface area contributed by atoms with Gasteiger partial charge in [0.15, 0.2) is 0 Å². The summed E-state index contributed by atoms with van der Waals surface area (Å²) in [5, 5.41) is 39.1. The van der Waals surface area contributed by atoms with E-state index in [1.54, 1.807) is 12.1 Å². The fraction of sp³-hybridized carbons (Fsp3) is 0.222. The Hall–Kier alpha value is -2.86. The lowest BCUT2D eigenvalue weighted by Gasteiger charge is -2.24. The summed E-state index contributed by atoms with van der Waals surface area (Å²) in [5.41, 5.74) is 3.16. The van der Waals surface area contributed by atoms with Crippen LogP contribution in [0.4, 0.5) is 0 Å². The number of nitrogens with zero attached hydrogens (tertiary/aromatic N) is 1. The predicted octanol–water partition coefficient (Wildman–Crippen LogP) is 1.80. The molecule has 4 N–H and O–H groups in total. The molecular formula is C18H17NO5. The number of phenolic OH excluding ortho intramolecular Hbond substituents is 2. The third-order valence-electron chi connectivity index (χ3n) is 4.10. The van der Waals surface area contributed by atoms with Gasteiger partial charge in [0.05, 0.1) is 12.3 Å². The Morgan fingerprint density at radius 3 is 2.54 bits per heavy atom. The van der Waals surface area contributed by atoms with E-state index in [1.165, 1.54) is 19.1 Å². The van der Waals surface area contributed by atoms with Crippen molar-refractivity contribution in [1.29, 1.82) is 0 Å². The third kappa shape index (κ3) is 2.61. The van der Waals surface area contributed by atoms with Crippen LogP contribution in [0.15, 0.2) is 35.3 Å². The summed E-state index contributed by atoms with van der Waals surface area (Å²) < 4.78 is 0. The quantitative estimate of drug-likeness (QED) is 0.586. The summed E-state index contributed by atoms with van der Waals surface area (Å²) in [7, 11) is 0. The molecule has 2 aromatic rings. The minimum Gasteiger partial charge on any atom is -0.507 e. The third-order valence-corrected chi connectivity index (χ3v) is 4.10. The number of rotatable bonds is 3. The van der Waals surface area contributed by atoms with Gasteiger partial charge in [0.1, 0.15) is 17.5 Å². The van der Waals surface area contributed by atoms with Crippen LogP contribution in [0.3, 0.4) is 0 Å². The van der Waals surface area contributed by atoms with Crippen molar-refractivity contribution in [2.45, 2.75) is 26.0 Å². The molecule has 3 rings (SSSR count). The van der Waals surface area contributed by atoms with Crippen LogP contribution in [-0.2, 0) is 17.8 Å². The first-order chi connectivity index (χ1) is 11.4. The van der Waals surface area contributed by atoms with E-state index >= 15 is 0 Å². The maximum Gasteiger partial charge on any atom is 0.328 e. The Labute approximate surface area is 138 Å². The zero-order valence-electron chi connectivity index (χ0n) is 13.0. The number of carboxylic acid groups (broad SMARTS) is 1. The highest BCUT2D eigenvalue weighted by atomic mass is 16.4. The topological polar surface area (TPSA) is 110 Å². The van der Waals surface area contributed by atoms with Crippen LogP contribution in [0.5, 0.6) is 11.5 Å². The lowest BCUT2D eigenvalue weighted by molar-refractivity contribution is -0.137. The molecule has 124 valence electrons. The van der Waals surface area contributed by atoms with Gasteiger partial charge in [-0.15, -0.1) is 0 Å². The predicted molar refractivity (Wildman–Crippen MR) is 87.7 cm³/mol. The number of aromatic hydroxyl groups is 2. The number of carbonyl (C=O) groups is 1. The number of aliphatic carboxylic acids is 1. The average molecular weight is 327 g/mol. The van der Waals surface area contributed by atoms with Crippen molar-refractivity contribution in [3.63, 3.8) is 0 Å². The highest BCUT2D eigenvalue weighted by molar-refractivity contribution is 6.19. The standard InChI is InChI=1S/C18H17NO5/c1-9(18(23)24)19-17-15-11(3-2-4-13(15)21)7-12-5-10(8-20)6-14(22)16(12)17/h2-6,9,20-22H,7-8H2,1H3,(H,23,24)/t9-/m0/s1. The Kier molecular flexibility index (Phi) is 3.99. The second-order valence-electron chi connectivity index (χ2n) is 5.79. The van der Waals surface area contributed by atoms with Crippen LogP contribution in [-0.4, -0.2) is 38.1 Å². The van der Waals surface area contributed by atoms with Crippen molar-refractivity contribution in [3.05, 3.63) is 58.1 Å². The van der Waals surface area contributed by atoms with Gasteiger partial charge in [0.2, 0.25) is 0 Å². The Morgan fingerprint density at radius 2 is 1.88 bits per heavy atom. The molecule has 0 amide bonds. The molecule has 0 unspecified atom stereocenters. The number of phenols is 2. The summed E-state index contributed by atoms with van der Waals surface area (Å²) in [6.07, 6.45) is 0.445. The molecule has 0 spiro atoms. The molecule has 6 heteroatoms. The zero-order valence-corrected chi connectivity index (χ0v) is 13.0. The summed E-state index contributed by atoms with van der Waals surface area (Å²) >= 11 is 0. The average Bonchev–Trinajstić information content (AvgIpc) is 2.53. The minimum absolute atomic E-state index is 0.0138. The van der Waals surface area contributed by atoms with Gasteiger partial charge in [-0.25, -0.2) is 4.79 Å². The summed E-state index contributed by atoms with van der Waals surface area (Å²) in [6, 6.07) is 7.17. The van der Waals surface area contributed by atoms with Crippen LogP contribution in [0, 0.1) is 0 Å². The van der Waals surface area contributed by atoms with E-state index in [-0.39, 0.29) is 23.8 Å². The fourth-order valence-corrected chi connectivity index (χ4v) is 2.97. The Balaban J connectivity index is 2.30. The van der Waals surface area contributed by atoms with Crippen LogP contribution in [0.2, 0.25) is 0 Å². The normalized spacial score (nSPS) is 15.7. The van der Waals surface area contributed by atoms with Gasteiger partial charge in [-0.1, -0.05) is 18.2 Å². The van der Waals surface area contributed by atoms with Gasteiger partial charge in [-0.3, -0.25) is 4.99 Å². The maximum absolute atomic E-state index is 11.2. The molecule has 0 heterocycles. The van der Waals surface area contributed by atoms with Gasteiger partial charge in [0.25, 0.3) is 0 Å². The Morgan fingerprint density at radius 1 is 1.17 bits per heavy atom. The first-order valence-electron chi connectivity index (χ1n) is 7.50. The molecule has 0 radical (unpaired) electrons. The van der Waals surface area contributed by atoms with Crippen molar-refractivity contribution < 1.29 is 25.2 Å². The molecule has 0 saturated heterocycles. The van der Waals surface area contributed by atoms with Gasteiger partial charge in [0, 0.05) is 11.1 Å². The number of aliphatic imine (C=N–C) groups is 1. The lowest BCUT2D eigenvalue weighted by Crippen LogP contribution is -2.22. The molecule has 0 aromatic heterocycles. The van der Waals surface area contributed by atoms with Crippen LogP contribution in [0.25, 0.3) is 0 Å². The first kappa shape index (κ1) is 16.0. The first-order valence-corrected chi connectivity index (χ1v) is 7.50. The number of aliphatic hydroxyl groups excluding tert-OH is 1. The SMILES string of the molecule is C[C@H](N=C1c2c(O)cccc2Cc2cc(CO)cc(O)c21)C(=O)O. The van der Waals surface area contributed by atoms with Crippen molar-refractivity contribution in [2.24, 2.45) is 4.99 Å². The number of hydrogen-bond acceptors (Lipinski definition) is 5. The lowest BCUT2D eigenvalue weighted by atomic mass is 9.82. The van der Waals surface area contributed by atoms with Crippen molar-refractivity contribution in [1.82, 2.24) is 0 Å². The van der Waals surface area contributed by atoms with E-state index in [9.17, 15) is 20.1 Å². The second-order valence-corrected chi connectivity index (χ2v) is 5.79. The van der Waals surface area contributed by atoms with Gasteiger partial charge in [-0.2, -0.15) is 0 Å². The van der Waals surface area contributed by atoms with Crippen LogP contribution >= 0.6 is 0 Å². The van der Waals surface area contributed by atoms with E-state index < -0.39 is 12.0 Å². The molecule has 24 heavy (non-hydrogen) atoms. The van der Waals surface area contributed by atoms with Crippen molar-refractivity contribution in [3.8, 4) is 11.5 Å². The van der Waals surface area contributed by atoms with Gasteiger partial charge in [-0.05, 0) is 42.2 Å². The van der Waals surface area contributed by atoms with E-state index in [1.807, 2.05) is 6.07 Å². The smallest absolute Gasteiger partial charge is 0.328 e. The van der Waals surface area contributed by atoms with Crippen molar-refractivity contribution in [2.75, 3.05) is 0 Å². The molecule has 2 aromatic carbocycles. The number of fused-ring (bicyclic) bond motifs is 2. The monoisotopic (exact) mass is 327 g/mol. The minimum atomic E-state index is -1.10. The fourth-order valence-electron chi connectivity index (χ4n) is 2.97. The van der Waals surface area contributed by atoms with Crippen LogP contribution in [0.1, 0.15) is 34.7 Å². The van der Waals surface area contributed by atoms with E-state index in [0.29, 0.717) is 23.1 Å². The maximum atomic E-state index is 11.2. The molecule has 0 bridgehead atoms. The molecule has 0 fully saturated rings. The van der Waals surface area contributed by atoms with Crippen molar-refractivity contribution >= 4 is 11.7 Å². The zero-order chi connectivity index (χ0) is 17.4. The molecule has 1 atom stereocenters. The molecule has 1 aliphatic rings. The van der Waals surface area contributed by atoms with E-state index in [2.05, 4.69) is 4.99 Å². The molecule has 0 aliphatic heterocycles. The Bertz CT molecular complexity index is 857. The molecular weight excluding hydrogens is 310 g/mol. The molecule has 1 aliphatic carbocycles. The summed E-state index contributed by atoms with van der Waals surface area (Å²) in [5.74, 6) is -1.21. The molecule has 0 saturated carbocycles. The number of hydrogen-bond donors (Lipinski definition) is 4. The van der Waals surface area contributed by atoms with Gasteiger partial charge < -0.3 is 20.4 Å². The van der Waals surface area contributed by atoms with Crippen LogP contribution < -0.4 is 0 Å².